The first kappa shape index (κ1) is 13.2. The SMILES string of the molecule is COC(=O)CCC(=O)Nc1ccc(C)cc1F. The van der Waals surface area contributed by atoms with E-state index in [0.717, 1.165) is 5.56 Å². The maximum atomic E-state index is 13.4. The van der Waals surface area contributed by atoms with Gasteiger partial charge in [-0.1, -0.05) is 6.07 Å². The molecule has 0 unspecified atom stereocenters. The number of rotatable bonds is 4. The molecule has 92 valence electrons. The number of methoxy groups -OCH3 is 1. The maximum Gasteiger partial charge on any atom is 0.306 e. The van der Waals surface area contributed by atoms with E-state index in [1.807, 2.05) is 0 Å². The Morgan fingerprint density at radius 3 is 2.65 bits per heavy atom. The number of carbonyl (C=O) groups excluding carboxylic acids is 2. The van der Waals surface area contributed by atoms with Gasteiger partial charge < -0.3 is 10.1 Å². The van der Waals surface area contributed by atoms with Crippen LogP contribution in [0.3, 0.4) is 0 Å². The summed E-state index contributed by atoms with van der Waals surface area (Å²) in [6.45, 7) is 1.76. The summed E-state index contributed by atoms with van der Waals surface area (Å²) in [6.07, 6.45) is -0.0458. The van der Waals surface area contributed by atoms with Crippen molar-refractivity contribution in [2.45, 2.75) is 19.8 Å². The topological polar surface area (TPSA) is 55.4 Å². The smallest absolute Gasteiger partial charge is 0.306 e. The number of amides is 1. The van der Waals surface area contributed by atoms with Crippen LogP contribution in [0.25, 0.3) is 0 Å². The van der Waals surface area contributed by atoms with E-state index < -0.39 is 17.7 Å². The van der Waals surface area contributed by atoms with Crippen LogP contribution in [0.2, 0.25) is 0 Å². The zero-order valence-electron chi connectivity index (χ0n) is 9.75. The van der Waals surface area contributed by atoms with E-state index in [0.29, 0.717) is 0 Å². The first-order valence-electron chi connectivity index (χ1n) is 5.15. The summed E-state index contributed by atoms with van der Waals surface area (Å²) in [5.41, 5.74) is 0.889. The number of carbonyl (C=O) groups is 2. The zero-order chi connectivity index (χ0) is 12.8. The summed E-state index contributed by atoms with van der Waals surface area (Å²) in [6, 6.07) is 4.51. The number of esters is 1. The molecule has 0 radical (unpaired) electrons. The zero-order valence-corrected chi connectivity index (χ0v) is 9.75. The van der Waals surface area contributed by atoms with Crippen molar-refractivity contribution in [1.82, 2.24) is 0 Å². The average Bonchev–Trinajstić information content (AvgIpc) is 2.29. The molecule has 0 heterocycles. The number of nitrogens with one attached hydrogen (secondary N) is 1. The number of aryl methyl sites for hydroxylation is 1. The van der Waals surface area contributed by atoms with Crippen molar-refractivity contribution in [2.75, 3.05) is 12.4 Å². The van der Waals surface area contributed by atoms with Crippen LogP contribution in [0.15, 0.2) is 18.2 Å². The van der Waals surface area contributed by atoms with Gasteiger partial charge in [0.1, 0.15) is 5.82 Å². The van der Waals surface area contributed by atoms with Gasteiger partial charge in [-0.25, -0.2) is 4.39 Å². The normalized spacial score (nSPS) is 9.82. The highest BCUT2D eigenvalue weighted by Gasteiger charge is 2.09. The molecule has 0 aliphatic rings. The summed E-state index contributed by atoms with van der Waals surface area (Å²) in [7, 11) is 1.25. The molecule has 0 saturated carbocycles. The minimum absolute atomic E-state index is 0.0180. The number of benzene rings is 1. The molecule has 0 aromatic heterocycles. The van der Waals surface area contributed by atoms with E-state index >= 15 is 0 Å². The van der Waals surface area contributed by atoms with Gasteiger partial charge in [0.2, 0.25) is 5.91 Å². The molecule has 0 bridgehead atoms. The van der Waals surface area contributed by atoms with Gasteiger partial charge in [-0.15, -0.1) is 0 Å². The number of ether oxygens (including phenoxy) is 1. The van der Waals surface area contributed by atoms with Crippen molar-refractivity contribution < 1.29 is 18.7 Å². The third-order valence-electron chi connectivity index (χ3n) is 2.18. The van der Waals surface area contributed by atoms with E-state index in [1.54, 1.807) is 13.0 Å². The Hall–Kier alpha value is -1.91. The Balaban J connectivity index is 2.53. The van der Waals surface area contributed by atoms with E-state index in [9.17, 15) is 14.0 Å². The summed E-state index contributed by atoms with van der Waals surface area (Å²) >= 11 is 0. The Kier molecular flexibility index (Phi) is 4.63. The lowest BCUT2D eigenvalue weighted by Crippen LogP contribution is -2.14. The molecule has 1 aromatic carbocycles. The van der Waals surface area contributed by atoms with Gasteiger partial charge >= 0.3 is 5.97 Å². The molecule has 0 saturated heterocycles. The van der Waals surface area contributed by atoms with Crippen LogP contribution in [0, 0.1) is 12.7 Å². The van der Waals surface area contributed by atoms with Crippen LogP contribution in [0.4, 0.5) is 10.1 Å². The quantitative estimate of drug-likeness (QED) is 0.818. The predicted octanol–water partition coefficient (Wildman–Crippen LogP) is 2.03. The monoisotopic (exact) mass is 239 g/mol. The lowest BCUT2D eigenvalue weighted by molar-refractivity contribution is -0.141. The molecule has 0 fully saturated rings. The average molecular weight is 239 g/mol. The van der Waals surface area contributed by atoms with E-state index in [2.05, 4.69) is 10.1 Å². The number of halogens is 1. The first-order chi connectivity index (χ1) is 8.02. The highest BCUT2D eigenvalue weighted by Crippen LogP contribution is 2.15. The Morgan fingerprint density at radius 2 is 2.06 bits per heavy atom. The molecule has 5 heteroatoms. The summed E-state index contributed by atoms with van der Waals surface area (Å²) < 4.78 is 17.8. The van der Waals surface area contributed by atoms with Crippen LogP contribution in [-0.4, -0.2) is 19.0 Å². The van der Waals surface area contributed by atoms with Crippen LogP contribution < -0.4 is 5.32 Å². The van der Waals surface area contributed by atoms with Gasteiger partial charge in [0.15, 0.2) is 0 Å². The first-order valence-corrected chi connectivity index (χ1v) is 5.15. The highest BCUT2D eigenvalue weighted by atomic mass is 19.1. The van der Waals surface area contributed by atoms with Crippen molar-refractivity contribution in [1.29, 1.82) is 0 Å². The predicted molar refractivity (Wildman–Crippen MR) is 61.0 cm³/mol. The Labute approximate surface area is 98.8 Å². The summed E-state index contributed by atoms with van der Waals surface area (Å²) in [5, 5.41) is 2.40. The highest BCUT2D eigenvalue weighted by molar-refractivity contribution is 5.92. The van der Waals surface area contributed by atoms with Gasteiger partial charge in [-0.3, -0.25) is 9.59 Å². The molecule has 1 rings (SSSR count). The molecular weight excluding hydrogens is 225 g/mol. The fourth-order valence-electron chi connectivity index (χ4n) is 1.25. The minimum Gasteiger partial charge on any atom is -0.469 e. The molecular formula is C12H14FNO3. The molecule has 0 atom stereocenters. The summed E-state index contributed by atoms with van der Waals surface area (Å²) in [5.74, 6) is -1.38. The molecule has 4 nitrogen and oxygen atoms in total. The molecule has 17 heavy (non-hydrogen) atoms. The lowest BCUT2D eigenvalue weighted by Gasteiger charge is -2.06. The van der Waals surface area contributed by atoms with E-state index in [-0.39, 0.29) is 18.5 Å². The van der Waals surface area contributed by atoms with Gasteiger partial charge in [0.05, 0.1) is 19.2 Å². The molecule has 0 aliphatic heterocycles. The third-order valence-corrected chi connectivity index (χ3v) is 2.18. The van der Waals surface area contributed by atoms with Gasteiger partial charge in [-0.05, 0) is 24.6 Å². The van der Waals surface area contributed by atoms with Crippen LogP contribution in [0.5, 0.6) is 0 Å². The van der Waals surface area contributed by atoms with Crippen molar-refractivity contribution in [3.05, 3.63) is 29.6 Å². The number of hydrogen-bond donors (Lipinski definition) is 1. The number of anilines is 1. The van der Waals surface area contributed by atoms with Gasteiger partial charge in [-0.2, -0.15) is 0 Å². The lowest BCUT2D eigenvalue weighted by atomic mass is 10.2. The largest absolute Gasteiger partial charge is 0.469 e. The summed E-state index contributed by atoms with van der Waals surface area (Å²) in [4.78, 5) is 22.2. The molecule has 1 amide bonds. The molecule has 1 N–H and O–H groups in total. The van der Waals surface area contributed by atoms with Gasteiger partial charge in [0, 0.05) is 6.42 Å². The van der Waals surface area contributed by atoms with Crippen molar-refractivity contribution in [3.63, 3.8) is 0 Å². The van der Waals surface area contributed by atoms with Crippen LogP contribution in [-0.2, 0) is 14.3 Å². The third kappa shape index (κ3) is 4.22. The number of hydrogen-bond acceptors (Lipinski definition) is 3. The Morgan fingerprint density at radius 1 is 1.35 bits per heavy atom. The van der Waals surface area contributed by atoms with Crippen LogP contribution >= 0.6 is 0 Å². The maximum absolute atomic E-state index is 13.4. The second-order valence-corrected chi connectivity index (χ2v) is 3.61. The van der Waals surface area contributed by atoms with Crippen molar-refractivity contribution >= 4 is 17.6 Å². The fourth-order valence-corrected chi connectivity index (χ4v) is 1.25. The van der Waals surface area contributed by atoms with E-state index in [4.69, 9.17) is 0 Å². The molecule has 0 aliphatic carbocycles. The van der Waals surface area contributed by atoms with Gasteiger partial charge in [0.25, 0.3) is 0 Å². The second kappa shape index (κ2) is 5.98. The standard InChI is InChI=1S/C12H14FNO3/c1-8-3-4-10(9(13)7-8)14-11(15)5-6-12(16)17-2/h3-4,7H,5-6H2,1-2H3,(H,14,15). The Bertz CT molecular complexity index is 432. The fraction of sp³-hybridized carbons (Fsp3) is 0.333. The molecule has 0 spiro atoms. The van der Waals surface area contributed by atoms with Crippen LogP contribution in [0.1, 0.15) is 18.4 Å². The second-order valence-electron chi connectivity index (χ2n) is 3.61. The molecule has 1 aromatic rings. The van der Waals surface area contributed by atoms with Crippen molar-refractivity contribution in [2.24, 2.45) is 0 Å². The van der Waals surface area contributed by atoms with Crippen molar-refractivity contribution in [3.8, 4) is 0 Å². The van der Waals surface area contributed by atoms with E-state index in [1.165, 1.54) is 19.2 Å². The minimum atomic E-state index is -0.489.